The minimum atomic E-state index is -1.07. The van der Waals surface area contributed by atoms with Crippen molar-refractivity contribution in [2.24, 2.45) is 5.92 Å². The van der Waals surface area contributed by atoms with E-state index in [4.69, 9.17) is 17.3 Å². The maximum Gasteiger partial charge on any atom is 0.323 e. The van der Waals surface area contributed by atoms with Gasteiger partial charge in [0.25, 0.3) is 5.91 Å². The number of piperidine rings is 1. The monoisotopic (exact) mass is 418 g/mol. The van der Waals surface area contributed by atoms with Crippen molar-refractivity contribution in [3.63, 3.8) is 0 Å². The van der Waals surface area contributed by atoms with Crippen LogP contribution in [0.1, 0.15) is 44.6 Å². The first-order chi connectivity index (χ1) is 13.5. The Morgan fingerprint density at radius 1 is 1.29 bits per heavy atom. The molecular formula is C21H26N2O3S2. The summed E-state index contributed by atoms with van der Waals surface area (Å²) in [7, 11) is 0. The molecule has 1 amide bonds. The Kier molecular flexibility index (Phi) is 7.13. The summed E-state index contributed by atoms with van der Waals surface area (Å²) in [5.41, 5.74) is 2.13. The Balaban J connectivity index is 1.61. The first kappa shape index (κ1) is 20.9. The molecule has 1 aromatic carbocycles. The molecule has 1 aromatic rings. The van der Waals surface area contributed by atoms with Crippen LogP contribution in [0.2, 0.25) is 0 Å². The van der Waals surface area contributed by atoms with E-state index in [9.17, 15) is 9.59 Å². The topological polar surface area (TPSA) is 60.9 Å². The van der Waals surface area contributed by atoms with Gasteiger partial charge in [0.15, 0.2) is 0 Å². The average Bonchev–Trinajstić information content (AvgIpc) is 2.94. The van der Waals surface area contributed by atoms with Gasteiger partial charge in [-0.25, -0.2) is 0 Å². The highest BCUT2D eigenvalue weighted by molar-refractivity contribution is 8.26. The van der Waals surface area contributed by atoms with Gasteiger partial charge < -0.3 is 10.0 Å². The Morgan fingerprint density at radius 3 is 2.57 bits per heavy atom. The number of amides is 1. The number of thiocarbonyl (C=S) groups is 1. The van der Waals surface area contributed by atoms with E-state index in [-0.39, 0.29) is 5.91 Å². The van der Waals surface area contributed by atoms with Gasteiger partial charge >= 0.3 is 5.97 Å². The minimum Gasteiger partial charge on any atom is -0.480 e. The highest BCUT2D eigenvalue weighted by atomic mass is 32.2. The maximum absolute atomic E-state index is 12.4. The van der Waals surface area contributed by atoms with E-state index in [2.05, 4.69) is 24.0 Å². The van der Waals surface area contributed by atoms with Gasteiger partial charge in [0, 0.05) is 18.8 Å². The molecule has 2 aliphatic heterocycles. The van der Waals surface area contributed by atoms with Gasteiger partial charge in [-0.15, -0.1) is 0 Å². The minimum absolute atomic E-state index is 0.293. The van der Waals surface area contributed by atoms with Crippen molar-refractivity contribution in [1.29, 1.82) is 0 Å². The second-order valence-corrected chi connectivity index (χ2v) is 9.00. The lowest BCUT2D eigenvalue weighted by Gasteiger charge is -2.33. The number of carbonyl (C=O) groups is 2. The van der Waals surface area contributed by atoms with Gasteiger partial charge in [0.1, 0.15) is 10.9 Å². The van der Waals surface area contributed by atoms with Crippen LogP contribution in [0.3, 0.4) is 0 Å². The number of hydrogen-bond acceptors (Lipinski definition) is 5. The number of hydrogen-bond donors (Lipinski definition) is 1. The molecule has 7 heteroatoms. The number of anilines is 1. The van der Waals surface area contributed by atoms with E-state index < -0.39 is 12.5 Å². The Labute approximate surface area is 175 Å². The van der Waals surface area contributed by atoms with Crippen LogP contribution in [-0.2, 0) is 9.59 Å². The number of rotatable bonds is 7. The standard InChI is InChI=1S/C21H26N2O3S2/c1-2-3-4-15-9-11-22(12-10-15)17-7-5-16(6-8-17)13-18-20(26)23(14-19(24)25)21(27)28-18/h5-8,13,15H,2-4,9-12,14H2,1H3,(H,24,25)/b18-13+. The number of nitrogens with zero attached hydrogens (tertiary/aromatic N) is 2. The van der Waals surface area contributed by atoms with Crippen molar-refractivity contribution >= 4 is 51.9 Å². The van der Waals surface area contributed by atoms with Crippen LogP contribution >= 0.6 is 24.0 Å². The normalized spacial score (nSPS) is 19.7. The molecule has 0 spiro atoms. The van der Waals surface area contributed by atoms with Gasteiger partial charge in [-0.2, -0.15) is 0 Å². The number of carboxylic acid groups (broad SMARTS) is 1. The molecule has 0 bridgehead atoms. The van der Waals surface area contributed by atoms with Crippen molar-refractivity contribution in [2.75, 3.05) is 24.5 Å². The fraction of sp³-hybridized carbons (Fsp3) is 0.476. The Bertz CT molecular complexity index is 768. The molecule has 3 rings (SSSR count). The molecule has 0 aliphatic carbocycles. The summed E-state index contributed by atoms with van der Waals surface area (Å²) in [5, 5.41) is 8.91. The summed E-state index contributed by atoms with van der Waals surface area (Å²) in [6, 6.07) is 8.19. The number of carboxylic acids is 1. The molecule has 2 saturated heterocycles. The van der Waals surface area contributed by atoms with Crippen LogP contribution in [-0.4, -0.2) is 45.8 Å². The Hall–Kier alpha value is -1.86. The maximum atomic E-state index is 12.4. The first-order valence-electron chi connectivity index (χ1n) is 9.80. The number of aliphatic carboxylic acids is 1. The third-order valence-electron chi connectivity index (χ3n) is 5.30. The third kappa shape index (κ3) is 5.14. The highest BCUT2D eigenvalue weighted by Crippen LogP contribution is 2.33. The molecule has 5 nitrogen and oxygen atoms in total. The number of thioether (sulfide) groups is 1. The second kappa shape index (κ2) is 9.56. The molecule has 2 fully saturated rings. The van der Waals surface area contributed by atoms with Crippen LogP contribution in [0.4, 0.5) is 5.69 Å². The molecule has 2 aliphatic rings. The Morgan fingerprint density at radius 2 is 1.96 bits per heavy atom. The van der Waals surface area contributed by atoms with Crippen molar-refractivity contribution < 1.29 is 14.7 Å². The van der Waals surface area contributed by atoms with Gasteiger partial charge in [-0.1, -0.05) is 62.3 Å². The smallest absolute Gasteiger partial charge is 0.323 e. The number of carbonyl (C=O) groups excluding carboxylic acids is 1. The van der Waals surface area contributed by atoms with Crippen LogP contribution in [0, 0.1) is 5.92 Å². The predicted octanol–water partition coefficient (Wildman–Crippen LogP) is 4.38. The van der Waals surface area contributed by atoms with Gasteiger partial charge in [0.05, 0.1) is 4.91 Å². The lowest BCUT2D eigenvalue weighted by molar-refractivity contribution is -0.140. The highest BCUT2D eigenvalue weighted by Gasteiger charge is 2.33. The van der Waals surface area contributed by atoms with Crippen LogP contribution in [0.15, 0.2) is 29.2 Å². The fourth-order valence-electron chi connectivity index (χ4n) is 3.68. The zero-order valence-corrected chi connectivity index (χ0v) is 17.7. The molecule has 0 unspecified atom stereocenters. The molecular weight excluding hydrogens is 392 g/mol. The third-order valence-corrected chi connectivity index (χ3v) is 6.68. The molecule has 1 N–H and O–H groups in total. The largest absolute Gasteiger partial charge is 0.480 e. The molecule has 0 saturated carbocycles. The van der Waals surface area contributed by atoms with E-state index in [1.807, 2.05) is 12.1 Å². The molecule has 0 radical (unpaired) electrons. The number of benzene rings is 1. The van der Waals surface area contributed by atoms with E-state index in [0.717, 1.165) is 41.2 Å². The van der Waals surface area contributed by atoms with Gasteiger partial charge in [-0.05, 0) is 42.5 Å². The zero-order valence-electron chi connectivity index (χ0n) is 16.1. The summed E-state index contributed by atoms with van der Waals surface area (Å²) in [5.74, 6) is -0.542. The van der Waals surface area contributed by atoms with Gasteiger partial charge in [0.2, 0.25) is 0 Å². The summed E-state index contributed by atoms with van der Waals surface area (Å²) in [4.78, 5) is 27.3. The van der Waals surface area contributed by atoms with Crippen LogP contribution < -0.4 is 4.90 Å². The molecule has 28 heavy (non-hydrogen) atoms. The van der Waals surface area contributed by atoms with Crippen LogP contribution in [0.5, 0.6) is 0 Å². The predicted molar refractivity (Wildman–Crippen MR) is 118 cm³/mol. The van der Waals surface area contributed by atoms with E-state index in [1.165, 1.54) is 37.8 Å². The van der Waals surface area contributed by atoms with Gasteiger partial charge in [-0.3, -0.25) is 14.5 Å². The lowest BCUT2D eigenvalue weighted by Crippen LogP contribution is -2.33. The fourth-order valence-corrected chi connectivity index (χ4v) is 4.93. The zero-order chi connectivity index (χ0) is 20.1. The summed E-state index contributed by atoms with van der Waals surface area (Å²) < 4.78 is 0.293. The molecule has 150 valence electrons. The molecule has 0 aromatic heterocycles. The SMILES string of the molecule is CCCCC1CCN(c2ccc(/C=C3/SC(=S)N(CC(=O)O)C3=O)cc2)CC1. The summed E-state index contributed by atoms with van der Waals surface area (Å²) in [6.07, 6.45) is 8.25. The second-order valence-electron chi connectivity index (χ2n) is 7.33. The summed E-state index contributed by atoms with van der Waals surface area (Å²) >= 11 is 6.28. The molecule has 2 heterocycles. The van der Waals surface area contributed by atoms with Crippen molar-refractivity contribution in [3.8, 4) is 0 Å². The quantitative estimate of drug-likeness (QED) is 0.524. The summed E-state index contributed by atoms with van der Waals surface area (Å²) in [6.45, 7) is 4.05. The first-order valence-corrected chi connectivity index (χ1v) is 11.0. The lowest BCUT2D eigenvalue weighted by atomic mass is 9.91. The average molecular weight is 419 g/mol. The van der Waals surface area contributed by atoms with Crippen molar-refractivity contribution in [2.45, 2.75) is 39.0 Å². The van der Waals surface area contributed by atoms with Crippen molar-refractivity contribution in [3.05, 3.63) is 34.7 Å². The van der Waals surface area contributed by atoms with E-state index in [0.29, 0.717) is 9.23 Å². The van der Waals surface area contributed by atoms with E-state index >= 15 is 0 Å². The number of unbranched alkanes of at least 4 members (excludes halogenated alkanes) is 1. The van der Waals surface area contributed by atoms with E-state index in [1.54, 1.807) is 6.08 Å². The van der Waals surface area contributed by atoms with Crippen LogP contribution in [0.25, 0.3) is 6.08 Å². The van der Waals surface area contributed by atoms with Crippen molar-refractivity contribution in [1.82, 2.24) is 4.90 Å². The molecule has 0 atom stereocenters.